The highest BCUT2D eigenvalue weighted by Crippen LogP contribution is 2.28. The lowest BCUT2D eigenvalue weighted by atomic mass is 9.98. The summed E-state index contributed by atoms with van der Waals surface area (Å²) >= 11 is 6.11. The maximum atomic E-state index is 12.0. The first-order chi connectivity index (χ1) is 13.8. The van der Waals surface area contributed by atoms with Crippen LogP contribution in [0.25, 0.3) is 0 Å². The summed E-state index contributed by atoms with van der Waals surface area (Å²) in [5.41, 5.74) is 7.41. The predicted molar refractivity (Wildman–Crippen MR) is 113 cm³/mol. The van der Waals surface area contributed by atoms with Crippen molar-refractivity contribution < 1.29 is 19.1 Å². The molecule has 1 unspecified atom stereocenters. The molecule has 1 atom stereocenters. The van der Waals surface area contributed by atoms with Crippen molar-refractivity contribution in [2.75, 3.05) is 13.2 Å². The summed E-state index contributed by atoms with van der Waals surface area (Å²) in [6, 6.07) is 11.1. The van der Waals surface area contributed by atoms with Crippen LogP contribution in [0.2, 0.25) is 5.02 Å². The van der Waals surface area contributed by atoms with Gasteiger partial charge < -0.3 is 9.47 Å². The zero-order valence-corrected chi connectivity index (χ0v) is 17.9. The number of nitrogens with one attached hydrogen (secondary N) is 2. The molecule has 0 aromatic heterocycles. The van der Waals surface area contributed by atoms with Gasteiger partial charge in [-0.3, -0.25) is 20.4 Å². The molecule has 0 heterocycles. The fourth-order valence-electron chi connectivity index (χ4n) is 2.73. The number of para-hydroxylation sites is 1. The lowest BCUT2D eigenvalue weighted by Crippen LogP contribution is -2.45. The average molecular weight is 419 g/mol. The Labute approximate surface area is 176 Å². The molecule has 0 saturated heterocycles. The monoisotopic (exact) mass is 418 g/mol. The number of benzene rings is 2. The van der Waals surface area contributed by atoms with E-state index in [4.69, 9.17) is 21.1 Å². The van der Waals surface area contributed by atoms with Crippen molar-refractivity contribution in [2.45, 2.75) is 40.0 Å². The Bertz CT molecular complexity index is 847. The fourth-order valence-corrected chi connectivity index (χ4v) is 2.84. The van der Waals surface area contributed by atoms with Gasteiger partial charge in [-0.25, -0.2) is 0 Å². The van der Waals surface area contributed by atoms with Crippen molar-refractivity contribution in [1.82, 2.24) is 10.9 Å². The summed E-state index contributed by atoms with van der Waals surface area (Å²) in [6.07, 6.45) is 0.968. The number of hydrogen-bond donors (Lipinski definition) is 2. The first-order valence-corrected chi connectivity index (χ1v) is 9.88. The Morgan fingerprint density at radius 2 is 1.55 bits per heavy atom. The van der Waals surface area contributed by atoms with Crippen LogP contribution in [-0.4, -0.2) is 25.0 Å². The number of carbonyl (C=O) groups is 2. The zero-order chi connectivity index (χ0) is 21.4. The van der Waals surface area contributed by atoms with Crippen LogP contribution in [0.3, 0.4) is 0 Å². The van der Waals surface area contributed by atoms with E-state index in [1.165, 1.54) is 0 Å². The summed E-state index contributed by atoms with van der Waals surface area (Å²) in [5, 5.41) is 0.670. The van der Waals surface area contributed by atoms with E-state index in [2.05, 4.69) is 24.7 Å². The highest BCUT2D eigenvalue weighted by Gasteiger charge is 2.12. The SMILES string of the molecule is CCC(C)c1ccccc1OCC(=O)NNC(=O)COc1cc(C)c(Cl)c(C)c1. The van der Waals surface area contributed by atoms with E-state index in [1.807, 2.05) is 38.1 Å². The smallest absolute Gasteiger partial charge is 0.276 e. The van der Waals surface area contributed by atoms with Crippen LogP contribution in [0.15, 0.2) is 36.4 Å². The summed E-state index contributed by atoms with van der Waals surface area (Å²) in [7, 11) is 0. The molecule has 7 heteroatoms. The van der Waals surface area contributed by atoms with Crippen molar-refractivity contribution in [1.29, 1.82) is 0 Å². The largest absolute Gasteiger partial charge is 0.484 e. The van der Waals surface area contributed by atoms with E-state index in [-0.39, 0.29) is 13.2 Å². The van der Waals surface area contributed by atoms with E-state index in [1.54, 1.807) is 12.1 Å². The topological polar surface area (TPSA) is 76.7 Å². The number of halogens is 1. The maximum Gasteiger partial charge on any atom is 0.276 e. The lowest BCUT2D eigenvalue weighted by Gasteiger charge is -2.15. The highest BCUT2D eigenvalue weighted by atomic mass is 35.5. The number of carbonyl (C=O) groups excluding carboxylic acids is 2. The van der Waals surface area contributed by atoms with Crippen LogP contribution in [0.1, 0.15) is 42.9 Å². The third kappa shape index (κ3) is 6.68. The number of aryl methyl sites for hydroxylation is 2. The average Bonchev–Trinajstić information content (AvgIpc) is 2.72. The number of hydrogen-bond acceptors (Lipinski definition) is 4. The molecule has 0 aliphatic carbocycles. The van der Waals surface area contributed by atoms with Crippen LogP contribution < -0.4 is 20.3 Å². The zero-order valence-electron chi connectivity index (χ0n) is 17.2. The molecular weight excluding hydrogens is 392 g/mol. The fraction of sp³-hybridized carbons (Fsp3) is 0.364. The van der Waals surface area contributed by atoms with Gasteiger partial charge in [0, 0.05) is 5.02 Å². The molecule has 0 fully saturated rings. The third-order valence-electron chi connectivity index (χ3n) is 4.54. The summed E-state index contributed by atoms with van der Waals surface area (Å²) in [5.74, 6) is 0.585. The second-order valence-electron chi connectivity index (χ2n) is 6.89. The first-order valence-electron chi connectivity index (χ1n) is 9.50. The molecule has 0 spiro atoms. The van der Waals surface area contributed by atoms with Crippen LogP contribution in [0, 0.1) is 13.8 Å². The molecular formula is C22H27ClN2O4. The Hall–Kier alpha value is -2.73. The number of hydrazine groups is 1. The Balaban J connectivity index is 1.77. The van der Waals surface area contributed by atoms with Gasteiger partial charge in [0.25, 0.3) is 11.8 Å². The first kappa shape index (κ1) is 22.6. The predicted octanol–water partition coefficient (Wildman–Crippen LogP) is 4.08. The van der Waals surface area contributed by atoms with Crippen LogP contribution in [0.4, 0.5) is 0 Å². The van der Waals surface area contributed by atoms with Gasteiger partial charge in [-0.05, 0) is 61.1 Å². The third-order valence-corrected chi connectivity index (χ3v) is 5.14. The van der Waals surface area contributed by atoms with Gasteiger partial charge >= 0.3 is 0 Å². The van der Waals surface area contributed by atoms with Gasteiger partial charge in [-0.15, -0.1) is 0 Å². The van der Waals surface area contributed by atoms with Gasteiger partial charge in [0.1, 0.15) is 11.5 Å². The van der Waals surface area contributed by atoms with Crippen LogP contribution >= 0.6 is 11.6 Å². The molecule has 0 bridgehead atoms. The van der Waals surface area contributed by atoms with E-state index >= 15 is 0 Å². The van der Waals surface area contributed by atoms with Gasteiger partial charge in [-0.2, -0.15) is 0 Å². The minimum atomic E-state index is -0.483. The summed E-state index contributed by atoms with van der Waals surface area (Å²) in [4.78, 5) is 23.9. The molecule has 2 N–H and O–H groups in total. The van der Waals surface area contributed by atoms with Crippen molar-refractivity contribution in [3.8, 4) is 11.5 Å². The van der Waals surface area contributed by atoms with Gasteiger partial charge in [0.15, 0.2) is 13.2 Å². The standard InChI is InChI=1S/C22H27ClN2O4/c1-5-14(2)18-8-6-7-9-19(18)29-13-21(27)25-24-20(26)12-28-17-10-15(3)22(23)16(4)11-17/h6-11,14H,5,12-13H2,1-4H3,(H,24,26)(H,25,27). The molecule has 6 nitrogen and oxygen atoms in total. The molecule has 29 heavy (non-hydrogen) atoms. The van der Waals surface area contributed by atoms with Crippen molar-refractivity contribution >= 4 is 23.4 Å². The van der Waals surface area contributed by atoms with E-state index in [9.17, 15) is 9.59 Å². The second-order valence-corrected chi connectivity index (χ2v) is 7.27. The van der Waals surface area contributed by atoms with Gasteiger partial charge in [-0.1, -0.05) is 43.6 Å². The molecule has 2 rings (SSSR count). The molecule has 0 aliphatic heterocycles. The van der Waals surface area contributed by atoms with E-state index < -0.39 is 11.8 Å². The van der Waals surface area contributed by atoms with E-state index in [0.29, 0.717) is 22.4 Å². The molecule has 0 radical (unpaired) electrons. The Morgan fingerprint density at radius 1 is 1.00 bits per heavy atom. The summed E-state index contributed by atoms with van der Waals surface area (Å²) in [6.45, 7) is 7.48. The Morgan fingerprint density at radius 3 is 2.14 bits per heavy atom. The van der Waals surface area contributed by atoms with E-state index in [0.717, 1.165) is 23.1 Å². The maximum absolute atomic E-state index is 12.0. The molecule has 2 aromatic carbocycles. The second kappa shape index (κ2) is 10.7. The van der Waals surface area contributed by atoms with Gasteiger partial charge in [0.2, 0.25) is 0 Å². The van der Waals surface area contributed by atoms with Crippen LogP contribution in [-0.2, 0) is 9.59 Å². The minimum absolute atomic E-state index is 0.204. The highest BCUT2D eigenvalue weighted by molar-refractivity contribution is 6.32. The van der Waals surface area contributed by atoms with Crippen molar-refractivity contribution in [3.63, 3.8) is 0 Å². The summed E-state index contributed by atoms with van der Waals surface area (Å²) < 4.78 is 11.1. The van der Waals surface area contributed by atoms with Crippen LogP contribution in [0.5, 0.6) is 11.5 Å². The van der Waals surface area contributed by atoms with Crippen molar-refractivity contribution in [3.05, 3.63) is 58.1 Å². The van der Waals surface area contributed by atoms with Gasteiger partial charge in [0.05, 0.1) is 0 Å². The number of ether oxygens (including phenoxy) is 2. The molecule has 2 aromatic rings. The molecule has 0 saturated carbocycles. The number of rotatable bonds is 8. The number of amides is 2. The lowest BCUT2D eigenvalue weighted by molar-refractivity contribution is -0.131. The Kier molecular flexibility index (Phi) is 8.34. The normalized spacial score (nSPS) is 11.5. The minimum Gasteiger partial charge on any atom is -0.484 e. The molecule has 156 valence electrons. The molecule has 0 aliphatic rings. The van der Waals surface area contributed by atoms with Crippen molar-refractivity contribution in [2.24, 2.45) is 0 Å². The molecule has 2 amide bonds. The quantitative estimate of drug-likeness (QED) is 0.633.